The lowest BCUT2D eigenvalue weighted by Gasteiger charge is -2.07. The first-order chi connectivity index (χ1) is 7.72. The first-order valence-corrected chi connectivity index (χ1v) is 4.80. The molecule has 0 bridgehead atoms. The molecule has 0 radical (unpaired) electrons. The van der Waals surface area contributed by atoms with Gasteiger partial charge in [-0.15, -0.1) is 6.42 Å². The lowest BCUT2D eigenvalue weighted by Crippen LogP contribution is -1.83. The normalized spacial score (nSPS) is 9.69. The van der Waals surface area contributed by atoms with Crippen LogP contribution in [0.25, 0.3) is 11.1 Å². The highest BCUT2D eigenvalue weighted by Crippen LogP contribution is 2.35. The zero-order valence-electron chi connectivity index (χ0n) is 8.51. The molecule has 0 aliphatic carbocycles. The summed E-state index contributed by atoms with van der Waals surface area (Å²) in [6, 6.07) is 12.1. The summed E-state index contributed by atoms with van der Waals surface area (Å²) in [5.74, 6) is 2.40. The Morgan fingerprint density at radius 3 is 2.31 bits per heavy atom. The molecule has 0 amide bonds. The molecule has 0 aromatic heterocycles. The minimum atomic E-state index is 0.0199. The number of hydrogen-bond donors (Lipinski definition) is 2. The fourth-order valence-electron chi connectivity index (χ4n) is 1.57. The second-order valence-corrected chi connectivity index (χ2v) is 3.40. The van der Waals surface area contributed by atoms with E-state index < -0.39 is 0 Å². The number of hydrogen-bond acceptors (Lipinski definition) is 2. The first kappa shape index (κ1) is 10.1. The van der Waals surface area contributed by atoms with Gasteiger partial charge < -0.3 is 10.2 Å². The van der Waals surface area contributed by atoms with Crippen molar-refractivity contribution in [1.29, 1.82) is 0 Å². The monoisotopic (exact) mass is 210 g/mol. The molecule has 2 heteroatoms. The van der Waals surface area contributed by atoms with Gasteiger partial charge in [-0.2, -0.15) is 0 Å². The van der Waals surface area contributed by atoms with E-state index in [2.05, 4.69) is 5.92 Å². The highest BCUT2D eigenvalue weighted by atomic mass is 16.3. The molecule has 0 aliphatic heterocycles. The van der Waals surface area contributed by atoms with Gasteiger partial charge in [0.05, 0.1) is 5.56 Å². The molecule has 2 aromatic carbocycles. The van der Waals surface area contributed by atoms with Gasteiger partial charge in [-0.3, -0.25) is 0 Å². The zero-order chi connectivity index (χ0) is 11.5. The van der Waals surface area contributed by atoms with Crippen molar-refractivity contribution in [2.45, 2.75) is 0 Å². The molecule has 0 spiro atoms. The molecular weight excluding hydrogens is 200 g/mol. The largest absolute Gasteiger partial charge is 0.508 e. The maximum absolute atomic E-state index is 9.91. The summed E-state index contributed by atoms with van der Waals surface area (Å²) in [7, 11) is 0. The van der Waals surface area contributed by atoms with E-state index in [1.54, 1.807) is 0 Å². The summed E-state index contributed by atoms with van der Waals surface area (Å²) in [5.41, 5.74) is 1.64. The fourth-order valence-corrected chi connectivity index (χ4v) is 1.57. The van der Waals surface area contributed by atoms with E-state index >= 15 is 0 Å². The Balaban J connectivity index is 2.67. The standard InChI is InChI=1S/C14H10O2/c1-2-10-8-12(15)9-13(14(10)16)11-6-4-3-5-7-11/h1,3-9,15-16H. The first-order valence-electron chi connectivity index (χ1n) is 4.80. The van der Waals surface area contributed by atoms with Gasteiger partial charge >= 0.3 is 0 Å². The number of aromatic hydroxyl groups is 2. The van der Waals surface area contributed by atoms with Crippen LogP contribution in [0, 0.1) is 12.3 Å². The quantitative estimate of drug-likeness (QED) is 0.561. The van der Waals surface area contributed by atoms with E-state index in [9.17, 15) is 10.2 Å². The van der Waals surface area contributed by atoms with Crippen LogP contribution in [-0.2, 0) is 0 Å². The highest BCUT2D eigenvalue weighted by molar-refractivity contribution is 5.75. The van der Waals surface area contributed by atoms with Crippen molar-refractivity contribution in [3.8, 4) is 35.0 Å². The van der Waals surface area contributed by atoms with Gasteiger partial charge in [0.15, 0.2) is 0 Å². The molecule has 2 nitrogen and oxygen atoms in total. The van der Waals surface area contributed by atoms with Crippen molar-refractivity contribution < 1.29 is 10.2 Å². The third kappa shape index (κ3) is 1.71. The van der Waals surface area contributed by atoms with E-state index in [0.29, 0.717) is 11.1 Å². The topological polar surface area (TPSA) is 40.5 Å². The summed E-state index contributed by atoms with van der Waals surface area (Å²) >= 11 is 0. The maximum atomic E-state index is 9.91. The number of terminal acetylenes is 1. The Morgan fingerprint density at radius 1 is 1.00 bits per heavy atom. The molecule has 2 aromatic rings. The van der Waals surface area contributed by atoms with Gasteiger partial charge in [0.1, 0.15) is 11.5 Å². The predicted molar refractivity (Wildman–Crippen MR) is 63.1 cm³/mol. The Morgan fingerprint density at radius 2 is 1.69 bits per heavy atom. The fraction of sp³-hybridized carbons (Fsp3) is 0. The summed E-state index contributed by atoms with van der Waals surface area (Å²) in [4.78, 5) is 0. The van der Waals surface area contributed by atoms with Crippen LogP contribution in [0.2, 0.25) is 0 Å². The van der Waals surface area contributed by atoms with Crippen LogP contribution < -0.4 is 0 Å². The summed E-state index contributed by atoms with van der Waals surface area (Å²) in [6.07, 6.45) is 5.25. The minimum Gasteiger partial charge on any atom is -0.508 e. The molecule has 2 rings (SSSR count). The van der Waals surface area contributed by atoms with Crippen LogP contribution in [0.4, 0.5) is 0 Å². The average Bonchev–Trinajstić information content (AvgIpc) is 2.33. The number of rotatable bonds is 1. The van der Waals surface area contributed by atoms with Crippen molar-refractivity contribution in [2.75, 3.05) is 0 Å². The predicted octanol–water partition coefficient (Wildman–Crippen LogP) is 2.75. The van der Waals surface area contributed by atoms with Gasteiger partial charge in [0.25, 0.3) is 0 Å². The Bertz CT molecular complexity index is 551. The van der Waals surface area contributed by atoms with Gasteiger partial charge in [-0.1, -0.05) is 36.3 Å². The van der Waals surface area contributed by atoms with E-state index in [0.717, 1.165) is 5.56 Å². The lowest BCUT2D eigenvalue weighted by molar-refractivity contribution is 0.460. The molecule has 16 heavy (non-hydrogen) atoms. The van der Waals surface area contributed by atoms with Gasteiger partial charge in [-0.05, 0) is 17.7 Å². The third-order valence-corrected chi connectivity index (χ3v) is 2.33. The molecule has 0 unspecified atom stereocenters. The average molecular weight is 210 g/mol. The van der Waals surface area contributed by atoms with Gasteiger partial charge in [0.2, 0.25) is 0 Å². The van der Waals surface area contributed by atoms with Gasteiger partial charge in [0, 0.05) is 5.56 Å². The van der Waals surface area contributed by atoms with Crippen LogP contribution >= 0.6 is 0 Å². The van der Waals surface area contributed by atoms with Crippen LogP contribution in [-0.4, -0.2) is 10.2 Å². The second kappa shape index (κ2) is 4.00. The van der Waals surface area contributed by atoms with Crippen molar-refractivity contribution >= 4 is 0 Å². The Kier molecular flexibility index (Phi) is 2.53. The highest BCUT2D eigenvalue weighted by Gasteiger charge is 2.09. The van der Waals surface area contributed by atoms with E-state index in [1.165, 1.54) is 12.1 Å². The maximum Gasteiger partial charge on any atom is 0.139 e. The smallest absolute Gasteiger partial charge is 0.139 e. The summed E-state index contributed by atoms with van der Waals surface area (Å²) in [5, 5.41) is 19.4. The molecule has 0 atom stereocenters. The van der Waals surface area contributed by atoms with Crippen molar-refractivity contribution in [3.05, 3.63) is 48.0 Å². The number of benzene rings is 2. The van der Waals surface area contributed by atoms with Crippen molar-refractivity contribution in [3.63, 3.8) is 0 Å². The molecule has 0 fully saturated rings. The van der Waals surface area contributed by atoms with Crippen LogP contribution in [0.3, 0.4) is 0 Å². The molecule has 0 aliphatic rings. The third-order valence-electron chi connectivity index (χ3n) is 2.33. The summed E-state index contributed by atoms with van der Waals surface area (Å²) in [6.45, 7) is 0. The molecule has 78 valence electrons. The Hall–Kier alpha value is -2.40. The van der Waals surface area contributed by atoms with Crippen LogP contribution in [0.15, 0.2) is 42.5 Å². The van der Waals surface area contributed by atoms with Crippen LogP contribution in [0.1, 0.15) is 5.56 Å². The van der Waals surface area contributed by atoms with E-state index in [-0.39, 0.29) is 11.5 Å². The number of phenolic OH excluding ortho intramolecular Hbond substituents is 2. The van der Waals surface area contributed by atoms with E-state index in [1.807, 2.05) is 30.3 Å². The van der Waals surface area contributed by atoms with Crippen LogP contribution in [0.5, 0.6) is 11.5 Å². The molecule has 0 saturated carbocycles. The van der Waals surface area contributed by atoms with E-state index in [4.69, 9.17) is 6.42 Å². The molecule has 2 N–H and O–H groups in total. The molecular formula is C14H10O2. The van der Waals surface area contributed by atoms with Crippen molar-refractivity contribution in [2.24, 2.45) is 0 Å². The van der Waals surface area contributed by atoms with Gasteiger partial charge in [-0.25, -0.2) is 0 Å². The SMILES string of the molecule is C#Cc1cc(O)cc(-c2ccccc2)c1O. The molecule has 0 saturated heterocycles. The lowest BCUT2D eigenvalue weighted by atomic mass is 10.0. The second-order valence-electron chi connectivity index (χ2n) is 3.40. The number of phenols is 2. The molecule has 0 heterocycles. The summed E-state index contributed by atoms with van der Waals surface area (Å²) < 4.78 is 0. The van der Waals surface area contributed by atoms with Crippen molar-refractivity contribution in [1.82, 2.24) is 0 Å². The minimum absolute atomic E-state index is 0.0199. The zero-order valence-corrected chi connectivity index (χ0v) is 8.51. The Labute approximate surface area is 93.8 Å².